The second-order valence-electron chi connectivity index (χ2n) is 7.82. The zero-order chi connectivity index (χ0) is 21.8. The van der Waals surface area contributed by atoms with Crippen molar-refractivity contribution in [1.29, 1.82) is 0 Å². The highest BCUT2D eigenvalue weighted by atomic mass is 32.2. The number of nitrogens with one attached hydrogen (secondary N) is 1. The molecule has 0 saturated carbocycles. The van der Waals surface area contributed by atoms with Crippen LogP contribution in [0.3, 0.4) is 0 Å². The SMILES string of the molecule is Cc1ccccc1N(CC(=O)N[C@@H]1CCCc2ccccc21)S(=O)(=O)c1ccccc1. The Morgan fingerprint density at radius 1 is 0.968 bits per heavy atom. The van der Waals surface area contributed by atoms with Crippen molar-refractivity contribution in [2.45, 2.75) is 37.1 Å². The van der Waals surface area contributed by atoms with E-state index < -0.39 is 10.0 Å². The van der Waals surface area contributed by atoms with Crippen LogP contribution in [0.4, 0.5) is 5.69 Å². The highest BCUT2D eigenvalue weighted by molar-refractivity contribution is 7.92. The number of anilines is 1. The zero-order valence-electron chi connectivity index (χ0n) is 17.5. The Hall–Kier alpha value is -3.12. The zero-order valence-corrected chi connectivity index (χ0v) is 18.3. The standard InChI is InChI=1S/C25H26N2O3S/c1-19-10-5-8-17-24(19)27(31(29,30)21-13-3-2-4-14-21)18-25(28)26-23-16-9-12-20-11-6-7-15-22(20)23/h2-8,10-11,13-15,17,23H,9,12,16,18H2,1H3,(H,26,28)/t23-/m1/s1. The van der Waals surface area contributed by atoms with E-state index in [1.807, 2.05) is 37.3 Å². The molecule has 0 saturated heterocycles. The summed E-state index contributed by atoms with van der Waals surface area (Å²) in [5.74, 6) is -0.315. The lowest BCUT2D eigenvalue weighted by Crippen LogP contribution is -2.42. The minimum atomic E-state index is -3.90. The third-order valence-corrected chi connectivity index (χ3v) is 7.48. The molecule has 0 radical (unpaired) electrons. The van der Waals surface area contributed by atoms with Crippen LogP contribution in [-0.4, -0.2) is 20.9 Å². The Labute approximate surface area is 183 Å². The van der Waals surface area contributed by atoms with E-state index in [1.165, 1.54) is 9.87 Å². The first kappa shape index (κ1) is 21.1. The van der Waals surface area contributed by atoms with Crippen LogP contribution in [0.15, 0.2) is 83.8 Å². The Balaban J connectivity index is 1.63. The number of carbonyl (C=O) groups is 1. The maximum Gasteiger partial charge on any atom is 0.264 e. The summed E-state index contributed by atoms with van der Waals surface area (Å²) < 4.78 is 28.1. The van der Waals surface area contributed by atoms with Crippen LogP contribution in [-0.2, 0) is 21.2 Å². The molecule has 1 aliphatic rings. The highest BCUT2D eigenvalue weighted by Gasteiger charge is 2.29. The van der Waals surface area contributed by atoms with Crippen molar-refractivity contribution in [3.63, 3.8) is 0 Å². The largest absolute Gasteiger partial charge is 0.348 e. The summed E-state index contributed by atoms with van der Waals surface area (Å²) in [5.41, 5.74) is 3.66. The van der Waals surface area contributed by atoms with Crippen molar-refractivity contribution < 1.29 is 13.2 Å². The summed E-state index contributed by atoms with van der Waals surface area (Å²) in [6, 6.07) is 23.5. The fourth-order valence-electron chi connectivity index (χ4n) is 4.14. The van der Waals surface area contributed by atoms with Crippen molar-refractivity contribution in [3.8, 4) is 0 Å². The molecule has 0 fully saturated rings. The Morgan fingerprint density at radius 3 is 2.42 bits per heavy atom. The maximum absolute atomic E-state index is 13.5. The summed E-state index contributed by atoms with van der Waals surface area (Å²) in [6.45, 7) is 1.57. The fraction of sp³-hybridized carbons (Fsp3) is 0.240. The monoisotopic (exact) mass is 434 g/mol. The minimum Gasteiger partial charge on any atom is -0.348 e. The van der Waals surface area contributed by atoms with Crippen LogP contribution in [0.25, 0.3) is 0 Å². The number of amides is 1. The normalized spacial score (nSPS) is 15.7. The number of sulfonamides is 1. The third kappa shape index (κ3) is 4.49. The van der Waals surface area contributed by atoms with Crippen molar-refractivity contribution in [2.24, 2.45) is 0 Å². The number of fused-ring (bicyclic) bond motifs is 1. The molecule has 0 aromatic heterocycles. The summed E-state index contributed by atoms with van der Waals surface area (Å²) in [6.07, 6.45) is 2.84. The van der Waals surface area contributed by atoms with Crippen LogP contribution in [0.2, 0.25) is 0 Å². The van der Waals surface area contributed by atoms with Crippen LogP contribution in [0.5, 0.6) is 0 Å². The molecule has 3 aromatic rings. The highest BCUT2D eigenvalue weighted by Crippen LogP contribution is 2.30. The first-order chi connectivity index (χ1) is 15.0. The molecule has 6 heteroatoms. The molecule has 0 spiro atoms. The molecular weight excluding hydrogens is 408 g/mol. The number of hydrogen-bond acceptors (Lipinski definition) is 3. The molecule has 0 heterocycles. The van der Waals surface area contributed by atoms with Gasteiger partial charge in [-0.15, -0.1) is 0 Å². The average Bonchev–Trinajstić information content (AvgIpc) is 2.79. The van der Waals surface area contributed by atoms with Gasteiger partial charge >= 0.3 is 0 Å². The first-order valence-electron chi connectivity index (χ1n) is 10.5. The van der Waals surface area contributed by atoms with Crippen LogP contribution in [0.1, 0.15) is 35.6 Å². The van der Waals surface area contributed by atoms with E-state index in [0.717, 1.165) is 30.4 Å². The molecule has 0 aliphatic heterocycles. The van der Waals surface area contributed by atoms with Gasteiger partial charge in [-0.2, -0.15) is 0 Å². The number of rotatable bonds is 6. The van der Waals surface area contributed by atoms with E-state index >= 15 is 0 Å². The van der Waals surface area contributed by atoms with Gasteiger partial charge in [-0.1, -0.05) is 60.7 Å². The van der Waals surface area contributed by atoms with Gasteiger partial charge in [-0.05, 0) is 61.1 Å². The second-order valence-corrected chi connectivity index (χ2v) is 9.68. The molecule has 1 amide bonds. The number of benzene rings is 3. The van der Waals surface area contributed by atoms with Crippen LogP contribution < -0.4 is 9.62 Å². The number of hydrogen-bond donors (Lipinski definition) is 1. The van der Waals surface area contributed by atoms with Crippen molar-refractivity contribution in [2.75, 3.05) is 10.8 Å². The third-order valence-electron chi connectivity index (χ3n) is 5.71. The lowest BCUT2D eigenvalue weighted by molar-refractivity contribution is -0.120. The average molecular weight is 435 g/mol. The lowest BCUT2D eigenvalue weighted by Gasteiger charge is -2.29. The molecule has 31 heavy (non-hydrogen) atoms. The van der Waals surface area contributed by atoms with E-state index in [9.17, 15) is 13.2 Å². The molecule has 4 rings (SSSR count). The van der Waals surface area contributed by atoms with Crippen LogP contribution >= 0.6 is 0 Å². The molecular formula is C25H26N2O3S. The van der Waals surface area contributed by atoms with Gasteiger partial charge < -0.3 is 5.32 Å². The van der Waals surface area contributed by atoms with Crippen LogP contribution in [0, 0.1) is 6.92 Å². The van der Waals surface area contributed by atoms with E-state index in [4.69, 9.17) is 0 Å². The number of aryl methyl sites for hydroxylation is 2. The van der Waals surface area contributed by atoms with E-state index in [1.54, 1.807) is 42.5 Å². The van der Waals surface area contributed by atoms with Gasteiger partial charge in [-0.25, -0.2) is 8.42 Å². The molecule has 1 aliphatic carbocycles. The van der Waals surface area contributed by atoms with E-state index in [2.05, 4.69) is 11.4 Å². The summed E-state index contributed by atoms with van der Waals surface area (Å²) >= 11 is 0. The van der Waals surface area contributed by atoms with Gasteiger partial charge in [0.2, 0.25) is 5.91 Å². The van der Waals surface area contributed by atoms with Gasteiger partial charge in [-0.3, -0.25) is 9.10 Å². The predicted molar refractivity (Wildman–Crippen MR) is 122 cm³/mol. The smallest absolute Gasteiger partial charge is 0.264 e. The lowest BCUT2D eigenvalue weighted by atomic mass is 9.88. The molecule has 5 nitrogen and oxygen atoms in total. The Bertz CT molecular complexity index is 1180. The summed E-state index contributed by atoms with van der Waals surface area (Å²) in [7, 11) is -3.90. The molecule has 1 N–H and O–H groups in total. The Morgan fingerprint density at radius 2 is 1.65 bits per heavy atom. The molecule has 3 aromatic carbocycles. The molecule has 0 unspecified atom stereocenters. The number of para-hydroxylation sites is 1. The van der Waals surface area contributed by atoms with Crippen molar-refractivity contribution in [3.05, 3.63) is 95.6 Å². The van der Waals surface area contributed by atoms with Gasteiger partial charge in [0.15, 0.2) is 0 Å². The predicted octanol–water partition coefficient (Wildman–Crippen LogP) is 4.38. The molecule has 0 bridgehead atoms. The topological polar surface area (TPSA) is 66.5 Å². The van der Waals surface area contributed by atoms with Gasteiger partial charge in [0.05, 0.1) is 16.6 Å². The van der Waals surface area contributed by atoms with Gasteiger partial charge in [0.1, 0.15) is 6.54 Å². The van der Waals surface area contributed by atoms with E-state index in [-0.39, 0.29) is 23.4 Å². The quantitative estimate of drug-likeness (QED) is 0.626. The Kier molecular flexibility index (Phi) is 6.09. The molecule has 160 valence electrons. The first-order valence-corrected chi connectivity index (χ1v) is 11.9. The van der Waals surface area contributed by atoms with E-state index in [0.29, 0.717) is 5.69 Å². The van der Waals surface area contributed by atoms with Gasteiger partial charge in [0.25, 0.3) is 10.0 Å². The maximum atomic E-state index is 13.5. The van der Waals surface area contributed by atoms with Gasteiger partial charge in [0, 0.05) is 0 Å². The molecule has 1 atom stereocenters. The fourth-order valence-corrected chi connectivity index (χ4v) is 5.64. The van der Waals surface area contributed by atoms with Crippen molar-refractivity contribution >= 4 is 21.6 Å². The second kappa shape index (κ2) is 8.94. The summed E-state index contributed by atoms with van der Waals surface area (Å²) in [4.78, 5) is 13.2. The van der Waals surface area contributed by atoms with Crippen molar-refractivity contribution in [1.82, 2.24) is 5.32 Å². The number of carbonyl (C=O) groups excluding carboxylic acids is 1. The number of nitrogens with zero attached hydrogens (tertiary/aromatic N) is 1. The summed E-state index contributed by atoms with van der Waals surface area (Å²) in [5, 5.41) is 3.07. The minimum absolute atomic E-state index is 0.101.